The van der Waals surface area contributed by atoms with Crippen molar-refractivity contribution in [2.24, 2.45) is 0 Å². The molecule has 168 valence electrons. The third-order valence-electron chi connectivity index (χ3n) is 5.93. The topological polar surface area (TPSA) is 67.4 Å². The smallest absolute Gasteiger partial charge is 0.292 e. The largest absolute Gasteiger partial charge is 0.416 e. The lowest BCUT2D eigenvalue weighted by atomic mass is 10.1. The van der Waals surface area contributed by atoms with E-state index in [1.54, 1.807) is 54.9 Å². The monoisotopic (exact) mass is 465 g/mol. The number of nitriles is 1. The number of benzene rings is 3. The van der Waals surface area contributed by atoms with Gasteiger partial charge in [0.05, 0.1) is 39.3 Å². The number of pyridine rings is 2. The van der Waals surface area contributed by atoms with Crippen LogP contribution >= 0.6 is 0 Å². The first kappa shape index (κ1) is 20.8. The Bertz CT molecular complexity index is 1800. The zero-order valence-corrected chi connectivity index (χ0v) is 18.0. The van der Waals surface area contributed by atoms with Crippen molar-refractivity contribution in [3.8, 4) is 23.1 Å². The van der Waals surface area contributed by atoms with Crippen LogP contribution in [-0.2, 0) is 6.18 Å². The number of alkyl halides is 3. The van der Waals surface area contributed by atoms with Crippen molar-refractivity contribution in [2.75, 3.05) is 0 Å². The minimum Gasteiger partial charge on any atom is -0.292 e. The number of rotatable bonds is 2. The molecule has 0 spiro atoms. The quantitative estimate of drug-likeness (QED) is 0.268. The fraction of sp³-hybridized carbons (Fsp3) is 0.0370. The summed E-state index contributed by atoms with van der Waals surface area (Å²) in [5.41, 5.74) is 3.32. The molecule has 0 bridgehead atoms. The summed E-state index contributed by atoms with van der Waals surface area (Å²) in [5, 5.41) is 10.8. The summed E-state index contributed by atoms with van der Waals surface area (Å²) in [6, 6.07) is 21.4. The molecular formula is C27H14F3N5. The molecule has 0 N–H and O–H groups in total. The maximum atomic E-state index is 13.5. The lowest BCUT2D eigenvalue weighted by molar-refractivity contribution is -0.137. The van der Waals surface area contributed by atoms with Gasteiger partial charge in [-0.05, 0) is 60.7 Å². The molecule has 0 aliphatic heterocycles. The molecular weight excluding hydrogens is 451 g/mol. The Morgan fingerprint density at radius 2 is 1.46 bits per heavy atom. The highest BCUT2D eigenvalue weighted by molar-refractivity contribution is 6.21. The highest BCUT2D eigenvalue weighted by atomic mass is 19.4. The molecule has 8 heteroatoms. The van der Waals surface area contributed by atoms with Crippen molar-refractivity contribution in [1.82, 2.24) is 19.5 Å². The third-order valence-corrected chi connectivity index (χ3v) is 5.93. The standard InChI is InChI=1S/C27H14F3N5/c28-27(29,30)18-5-1-4-17(14-18)26-34-24-20-6-2-12-32-22(20)23-21(7-3-13-33-23)25(24)35(26)19-10-8-16(15-31)9-11-19/h1-14H. The van der Waals surface area contributed by atoms with Crippen molar-refractivity contribution in [2.45, 2.75) is 6.18 Å². The molecule has 0 saturated heterocycles. The van der Waals surface area contributed by atoms with Gasteiger partial charge in [0.1, 0.15) is 5.82 Å². The van der Waals surface area contributed by atoms with Crippen molar-refractivity contribution < 1.29 is 13.2 Å². The fourth-order valence-corrected chi connectivity index (χ4v) is 4.39. The first-order chi connectivity index (χ1) is 17.0. The van der Waals surface area contributed by atoms with Crippen LogP contribution < -0.4 is 0 Å². The summed E-state index contributed by atoms with van der Waals surface area (Å²) >= 11 is 0. The van der Waals surface area contributed by atoms with Gasteiger partial charge < -0.3 is 0 Å². The van der Waals surface area contributed by atoms with E-state index in [4.69, 9.17) is 4.98 Å². The Morgan fingerprint density at radius 1 is 0.771 bits per heavy atom. The van der Waals surface area contributed by atoms with Gasteiger partial charge >= 0.3 is 6.18 Å². The zero-order valence-electron chi connectivity index (χ0n) is 18.0. The summed E-state index contributed by atoms with van der Waals surface area (Å²) in [5.74, 6) is 0.345. The number of hydrogen-bond donors (Lipinski definition) is 0. The van der Waals surface area contributed by atoms with E-state index in [0.717, 1.165) is 22.9 Å². The Labute approximate surface area is 196 Å². The molecule has 0 unspecified atom stereocenters. The predicted molar refractivity (Wildman–Crippen MR) is 127 cm³/mol. The van der Waals surface area contributed by atoms with Crippen LogP contribution in [0.5, 0.6) is 0 Å². The van der Waals surface area contributed by atoms with Gasteiger partial charge in [-0.1, -0.05) is 12.1 Å². The molecule has 0 atom stereocenters. The third kappa shape index (κ3) is 3.28. The second kappa shape index (κ2) is 7.64. The van der Waals surface area contributed by atoms with Gasteiger partial charge in [0, 0.05) is 34.4 Å². The van der Waals surface area contributed by atoms with Crippen LogP contribution in [0.15, 0.2) is 85.2 Å². The molecule has 0 amide bonds. The van der Waals surface area contributed by atoms with Crippen LogP contribution in [0.25, 0.3) is 49.9 Å². The lowest BCUT2D eigenvalue weighted by Gasteiger charge is -2.13. The van der Waals surface area contributed by atoms with Crippen LogP contribution in [0.4, 0.5) is 13.2 Å². The van der Waals surface area contributed by atoms with E-state index >= 15 is 0 Å². The van der Waals surface area contributed by atoms with E-state index < -0.39 is 11.7 Å². The van der Waals surface area contributed by atoms with E-state index in [-0.39, 0.29) is 0 Å². The van der Waals surface area contributed by atoms with E-state index in [0.29, 0.717) is 44.7 Å². The van der Waals surface area contributed by atoms with Gasteiger partial charge in [0.15, 0.2) is 0 Å². The molecule has 3 aromatic heterocycles. The first-order valence-corrected chi connectivity index (χ1v) is 10.7. The Balaban J connectivity index is 1.80. The van der Waals surface area contributed by atoms with Crippen LogP contribution in [0, 0.1) is 11.3 Å². The maximum Gasteiger partial charge on any atom is 0.416 e. The Kier molecular flexibility index (Phi) is 4.54. The predicted octanol–water partition coefficient (Wildman–Crippen LogP) is 6.68. The minimum atomic E-state index is -4.49. The van der Waals surface area contributed by atoms with Gasteiger partial charge in [-0.2, -0.15) is 18.4 Å². The number of halogens is 3. The van der Waals surface area contributed by atoms with Gasteiger partial charge in [-0.15, -0.1) is 0 Å². The fourth-order valence-electron chi connectivity index (χ4n) is 4.39. The molecule has 0 aliphatic rings. The van der Waals surface area contributed by atoms with E-state index in [2.05, 4.69) is 16.0 Å². The zero-order chi connectivity index (χ0) is 24.2. The summed E-state index contributed by atoms with van der Waals surface area (Å²) in [7, 11) is 0. The van der Waals surface area contributed by atoms with Crippen molar-refractivity contribution >= 4 is 32.8 Å². The average molecular weight is 465 g/mol. The second-order valence-electron chi connectivity index (χ2n) is 8.00. The lowest BCUT2D eigenvalue weighted by Crippen LogP contribution is -2.05. The number of fused-ring (bicyclic) bond motifs is 6. The van der Waals surface area contributed by atoms with Crippen LogP contribution in [0.1, 0.15) is 11.1 Å². The summed E-state index contributed by atoms with van der Waals surface area (Å²) < 4.78 is 42.4. The second-order valence-corrected chi connectivity index (χ2v) is 8.00. The Hall–Kier alpha value is -4.77. The molecule has 0 fully saturated rings. The summed E-state index contributed by atoms with van der Waals surface area (Å²) in [4.78, 5) is 13.9. The molecule has 3 heterocycles. The highest BCUT2D eigenvalue weighted by Gasteiger charge is 2.31. The highest BCUT2D eigenvalue weighted by Crippen LogP contribution is 2.39. The molecule has 0 radical (unpaired) electrons. The number of hydrogen-bond acceptors (Lipinski definition) is 4. The molecule has 6 rings (SSSR count). The van der Waals surface area contributed by atoms with Crippen LogP contribution in [-0.4, -0.2) is 19.5 Å². The Morgan fingerprint density at radius 3 is 2.14 bits per heavy atom. The molecule has 0 aliphatic carbocycles. The van der Waals surface area contributed by atoms with Crippen LogP contribution in [0.3, 0.4) is 0 Å². The van der Waals surface area contributed by atoms with Gasteiger partial charge in [0.2, 0.25) is 0 Å². The minimum absolute atomic E-state index is 0.314. The van der Waals surface area contributed by atoms with Crippen molar-refractivity contribution in [1.29, 1.82) is 5.26 Å². The molecule has 6 aromatic rings. The van der Waals surface area contributed by atoms with E-state index in [1.165, 1.54) is 6.07 Å². The van der Waals surface area contributed by atoms with Gasteiger partial charge in [-0.3, -0.25) is 14.5 Å². The number of imidazole rings is 1. The van der Waals surface area contributed by atoms with Gasteiger partial charge in [0.25, 0.3) is 0 Å². The van der Waals surface area contributed by atoms with Gasteiger partial charge in [-0.25, -0.2) is 4.98 Å². The van der Waals surface area contributed by atoms with Crippen molar-refractivity contribution in [3.05, 3.63) is 96.3 Å². The SMILES string of the molecule is N#Cc1ccc(-n2c(-c3cccc(C(F)(F)F)c3)nc3c4cccnc4c4ncccc4c32)cc1. The molecule has 35 heavy (non-hydrogen) atoms. The number of aromatic nitrogens is 4. The first-order valence-electron chi connectivity index (χ1n) is 10.7. The van der Waals surface area contributed by atoms with E-state index in [1.807, 2.05) is 16.7 Å². The normalized spacial score (nSPS) is 11.8. The average Bonchev–Trinajstić information content (AvgIpc) is 3.30. The summed E-state index contributed by atoms with van der Waals surface area (Å²) in [6.45, 7) is 0. The number of nitrogens with zero attached hydrogens (tertiary/aromatic N) is 5. The molecule has 3 aromatic carbocycles. The van der Waals surface area contributed by atoms with Crippen LogP contribution in [0.2, 0.25) is 0 Å². The van der Waals surface area contributed by atoms with Crippen molar-refractivity contribution in [3.63, 3.8) is 0 Å². The summed E-state index contributed by atoms with van der Waals surface area (Å²) in [6.07, 6.45) is -1.14. The molecule has 0 saturated carbocycles. The molecule has 5 nitrogen and oxygen atoms in total. The maximum absolute atomic E-state index is 13.5. The van der Waals surface area contributed by atoms with E-state index in [9.17, 15) is 18.4 Å².